The van der Waals surface area contributed by atoms with Gasteiger partial charge in [-0.3, -0.25) is 10.4 Å². The molecule has 2 aromatic heterocycles. The lowest BCUT2D eigenvalue weighted by atomic mass is 10.3. The van der Waals surface area contributed by atoms with Crippen LogP contribution in [-0.4, -0.2) is 17.4 Å². The van der Waals surface area contributed by atoms with E-state index in [1.54, 1.807) is 29.7 Å². The first-order valence-electron chi connectivity index (χ1n) is 5.21. The maximum Gasteiger partial charge on any atom is 0.141 e. The predicted molar refractivity (Wildman–Crippen MR) is 68.8 cm³/mol. The van der Waals surface area contributed by atoms with Crippen molar-refractivity contribution in [1.29, 1.82) is 5.41 Å². The zero-order valence-electron chi connectivity index (χ0n) is 9.22. The van der Waals surface area contributed by atoms with Crippen molar-refractivity contribution in [2.45, 2.75) is 6.42 Å². The number of aromatic nitrogens is 1. The van der Waals surface area contributed by atoms with Crippen molar-refractivity contribution < 1.29 is 4.74 Å². The fourth-order valence-electron chi connectivity index (χ4n) is 1.37. The highest BCUT2D eigenvalue weighted by molar-refractivity contribution is 7.09. The third kappa shape index (κ3) is 3.29. The highest BCUT2D eigenvalue weighted by Gasteiger charge is 2.01. The summed E-state index contributed by atoms with van der Waals surface area (Å²) in [5.41, 5.74) is 5.80. The van der Waals surface area contributed by atoms with E-state index in [-0.39, 0.29) is 5.84 Å². The van der Waals surface area contributed by atoms with Crippen LogP contribution >= 0.6 is 11.3 Å². The van der Waals surface area contributed by atoms with E-state index in [0.717, 1.165) is 6.42 Å². The Labute approximate surface area is 104 Å². The molecule has 17 heavy (non-hydrogen) atoms. The van der Waals surface area contributed by atoms with Gasteiger partial charge in [0, 0.05) is 23.6 Å². The van der Waals surface area contributed by atoms with Crippen LogP contribution in [0, 0.1) is 5.41 Å². The molecule has 0 radical (unpaired) electrons. The third-order valence-corrected chi connectivity index (χ3v) is 3.14. The van der Waals surface area contributed by atoms with E-state index < -0.39 is 0 Å². The van der Waals surface area contributed by atoms with Crippen molar-refractivity contribution in [3.05, 3.63) is 46.4 Å². The van der Waals surface area contributed by atoms with Crippen molar-refractivity contribution in [1.82, 2.24) is 4.98 Å². The highest BCUT2D eigenvalue weighted by atomic mass is 32.1. The van der Waals surface area contributed by atoms with Crippen molar-refractivity contribution in [3.63, 3.8) is 0 Å². The number of thiophene rings is 1. The Morgan fingerprint density at radius 2 is 2.35 bits per heavy atom. The molecule has 0 fully saturated rings. The Kier molecular flexibility index (Phi) is 3.72. The Balaban J connectivity index is 1.90. The van der Waals surface area contributed by atoms with Gasteiger partial charge in [0.05, 0.1) is 6.61 Å². The van der Waals surface area contributed by atoms with Gasteiger partial charge in [-0.1, -0.05) is 6.07 Å². The van der Waals surface area contributed by atoms with E-state index in [1.165, 1.54) is 4.88 Å². The topological polar surface area (TPSA) is 72.0 Å². The van der Waals surface area contributed by atoms with Crippen molar-refractivity contribution in [2.75, 3.05) is 6.61 Å². The number of nitrogen functional groups attached to an aromatic ring is 1. The summed E-state index contributed by atoms with van der Waals surface area (Å²) in [4.78, 5) is 5.27. The van der Waals surface area contributed by atoms with E-state index >= 15 is 0 Å². The number of nitrogens with two attached hydrogens (primary N) is 1. The Hall–Kier alpha value is -1.88. The number of nitrogens with zero attached hydrogens (tertiary/aromatic N) is 1. The number of ether oxygens (including phenoxy) is 1. The summed E-state index contributed by atoms with van der Waals surface area (Å²) in [7, 11) is 0. The van der Waals surface area contributed by atoms with Gasteiger partial charge in [0.2, 0.25) is 0 Å². The minimum Gasteiger partial charge on any atom is -0.493 e. The fourth-order valence-corrected chi connectivity index (χ4v) is 2.06. The molecule has 0 saturated carbocycles. The van der Waals surface area contributed by atoms with E-state index in [0.29, 0.717) is 18.1 Å². The lowest BCUT2D eigenvalue weighted by Gasteiger charge is -2.06. The first-order chi connectivity index (χ1) is 8.25. The Bertz CT molecular complexity index is 496. The van der Waals surface area contributed by atoms with Gasteiger partial charge in [-0.2, -0.15) is 0 Å². The normalized spacial score (nSPS) is 10.1. The molecule has 0 atom stereocenters. The molecule has 0 spiro atoms. The number of hydrogen-bond donors (Lipinski definition) is 2. The maximum atomic E-state index is 7.28. The quantitative estimate of drug-likeness (QED) is 0.627. The molecule has 0 amide bonds. The lowest BCUT2D eigenvalue weighted by Crippen LogP contribution is -2.13. The molecule has 88 valence electrons. The van der Waals surface area contributed by atoms with Gasteiger partial charge < -0.3 is 10.5 Å². The third-order valence-electron chi connectivity index (χ3n) is 2.20. The number of nitrogens with one attached hydrogen (secondary N) is 1. The minimum atomic E-state index is -0.0475. The Morgan fingerprint density at radius 1 is 1.47 bits per heavy atom. The molecule has 4 nitrogen and oxygen atoms in total. The predicted octanol–water partition coefficient (Wildman–Crippen LogP) is 2.05. The molecular formula is C12H13N3OS. The smallest absolute Gasteiger partial charge is 0.141 e. The van der Waals surface area contributed by atoms with E-state index in [1.807, 2.05) is 6.07 Å². The molecule has 0 aliphatic carbocycles. The molecule has 0 unspecified atom stereocenters. The summed E-state index contributed by atoms with van der Waals surface area (Å²) >= 11 is 1.72. The number of amidine groups is 1. The number of hydrogen-bond acceptors (Lipinski definition) is 4. The van der Waals surface area contributed by atoms with Gasteiger partial charge in [-0.15, -0.1) is 11.3 Å². The molecule has 0 aliphatic rings. The van der Waals surface area contributed by atoms with Crippen LogP contribution in [0.2, 0.25) is 0 Å². The average Bonchev–Trinajstić information content (AvgIpc) is 2.82. The summed E-state index contributed by atoms with van der Waals surface area (Å²) in [6.07, 6.45) is 2.48. The zero-order chi connectivity index (χ0) is 12.1. The molecule has 0 aromatic carbocycles. The second kappa shape index (κ2) is 5.45. The molecule has 0 bridgehead atoms. The van der Waals surface area contributed by atoms with Gasteiger partial charge in [-0.25, -0.2) is 0 Å². The number of pyridine rings is 1. The van der Waals surface area contributed by atoms with E-state index in [9.17, 15) is 0 Å². The summed E-state index contributed by atoms with van der Waals surface area (Å²) in [5, 5.41) is 9.34. The van der Waals surface area contributed by atoms with Crippen LogP contribution in [0.4, 0.5) is 0 Å². The standard InChI is InChI=1S/C12H13N3OS/c13-12(14)11-8-9(3-5-15-11)16-6-4-10-2-1-7-17-10/h1-3,5,7-8H,4,6H2,(H3,13,14). The van der Waals surface area contributed by atoms with Gasteiger partial charge in [-0.05, 0) is 17.5 Å². The molecule has 2 rings (SSSR count). The Morgan fingerprint density at radius 3 is 3.06 bits per heavy atom. The van der Waals surface area contributed by atoms with E-state index in [4.69, 9.17) is 15.9 Å². The van der Waals surface area contributed by atoms with Gasteiger partial charge in [0.25, 0.3) is 0 Å². The average molecular weight is 247 g/mol. The first-order valence-corrected chi connectivity index (χ1v) is 6.09. The van der Waals surface area contributed by atoms with Crippen LogP contribution in [-0.2, 0) is 6.42 Å². The summed E-state index contributed by atoms with van der Waals surface area (Å²) in [5.74, 6) is 0.649. The van der Waals surface area contributed by atoms with Crippen molar-refractivity contribution >= 4 is 17.2 Å². The zero-order valence-corrected chi connectivity index (χ0v) is 10.0. The SMILES string of the molecule is N=C(N)c1cc(OCCc2cccs2)ccn1. The molecule has 2 heterocycles. The minimum absolute atomic E-state index is 0.0475. The molecule has 0 aliphatic heterocycles. The molecule has 5 heteroatoms. The monoisotopic (exact) mass is 247 g/mol. The van der Waals surface area contributed by atoms with Crippen LogP contribution in [0.3, 0.4) is 0 Å². The van der Waals surface area contributed by atoms with Crippen LogP contribution < -0.4 is 10.5 Å². The summed E-state index contributed by atoms with van der Waals surface area (Å²) < 4.78 is 5.58. The molecule has 0 saturated heterocycles. The van der Waals surface area contributed by atoms with Crippen LogP contribution in [0.1, 0.15) is 10.6 Å². The van der Waals surface area contributed by atoms with Crippen LogP contribution in [0.5, 0.6) is 5.75 Å². The van der Waals surface area contributed by atoms with Gasteiger partial charge in [0.1, 0.15) is 17.3 Å². The lowest BCUT2D eigenvalue weighted by molar-refractivity contribution is 0.322. The molecule has 3 N–H and O–H groups in total. The second-order valence-electron chi connectivity index (χ2n) is 3.47. The summed E-state index contributed by atoms with van der Waals surface area (Å²) in [6.45, 7) is 0.613. The molecular weight excluding hydrogens is 234 g/mol. The summed E-state index contributed by atoms with van der Waals surface area (Å²) in [6, 6.07) is 7.56. The maximum absolute atomic E-state index is 7.28. The largest absolute Gasteiger partial charge is 0.493 e. The fraction of sp³-hybridized carbons (Fsp3) is 0.167. The van der Waals surface area contributed by atoms with Gasteiger partial charge in [0.15, 0.2) is 0 Å². The van der Waals surface area contributed by atoms with Crippen molar-refractivity contribution in [3.8, 4) is 5.75 Å². The van der Waals surface area contributed by atoms with E-state index in [2.05, 4.69) is 16.4 Å². The number of rotatable bonds is 5. The highest BCUT2D eigenvalue weighted by Crippen LogP contribution is 2.13. The first kappa shape index (κ1) is 11.6. The molecule has 2 aromatic rings. The van der Waals surface area contributed by atoms with Crippen LogP contribution in [0.15, 0.2) is 35.8 Å². The van der Waals surface area contributed by atoms with Gasteiger partial charge >= 0.3 is 0 Å². The van der Waals surface area contributed by atoms with Crippen LogP contribution in [0.25, 0.3) is 0 Å². The second-order valence-corrected chi connectivity index (χ2v) is 4.50. The van der Waals surface area contributed by atoms with Crippen molar-refractivity contribution in [2.24, 2.45) is 5.73 Å².